The molecule has 0 atom stereocenters. The fourth-order valence-corrected chi connectivity index (χ4v) is 2.15. The van der Waals surface area contributed by atoms with Gasteiger partial charge in [0.1, 0.15) is 5.82 Å². The van der Waals surface area contributed by atoms with Crippen LogP contribution in [0.3, 0.4) is 0 Å². The Bertz CT molecular complexity index is 333. The van der Waals surface area contributed by atoms with E-state index in [1.54, 1.807) is 12.4 Å². The first-order valence-corrected chi connectivity index (χ1v) is 6.18. The molecule has 0 bridgehead atoms. The molecule has 5 nitrogen and oxygen atoms in total. The van der Waals surface area contributed by atoms with E-state index in [1.807, 2.05) is 0 Å². The van der Waals surface area contributed by atoms with Crippen molar-refractivity contribution in [2.45, 2.75) is 32.4 Å². The molecule has 1 aromatic heterocycles. The van der Waals surface area contributed by atoms with Crippen molar-refractivity contribution in [1.29, 1.82) is 0 Å². The first-order chi connectivity index (χ1) is 8.28. The maximum Gasteiger partial charge on any atom is 0.141 e. The molecule has 0 aromatic carbocycles. The van der Waals surface area contributed by atoms with E-state index in [4.69, 9.17) is 10.5 Å². The van der Waals surface area contributed by atoms with Gasteiger partial charge in [0, 0.05) is 26.2 Å². The van der Waals surface area contributed by atoms with Crippen LogP contribution in [0.1, 0.15) is 25.5 Å². The van der Waals surface area contributed by atoms with Crippen molar-refractivity contribution in [2.75, 3.05) is 25.4 Å². The van der Waals surface area contributed by atoms with Crippen molar-refractivity contribution in [3.8, 4) is 0 Å². The van der Waals surface area contributed by atoms with E-state index in [1.165, 1.54) is 0 Å². The third-order valence-corrected chi connectivity index (χ3v) is 3.05. The zero-order valence-electron chi connectivity index (χ0n) is 10.3. The zero-order chi connectivity index (χ0) is 12.1. The van der Waals surface area contributed by atoms with Gasteiger partial charge >= 0.3 is 0 Å². The van der Waals surface area contributed by atoms with Crippen molar-refractivity contribution in [3.05, 3.63) is 18.1 Å². The number of nitrogens with two attached hydrogens (primary N) is 1. The molecular formula is C12H20N4O. The predicted molar refractivity (Wildman–Crippen MR) is 66.4 cm³/mol. The van der Waals surface area contributed by atoms with E-state index in [-0.39, 0.29) is 0 Å². The van der Waals surface area contributed by atoms with Crippen molar-refractivity contribution < 1.29 is 4.74 Å². The van der Waals surface area contributed by atoms with Crippen LogP contribution in [0.4, 0.5) is 5.82 Å². The Hall–Kier alpha value is -1.20. The highest BCUT2D eigenvalue weighted by Gasteiger charge is 2.19. The highest BCUT2D eigenvalue weighted by molar-refractivity contribution is 5.22. The van der Waals surface area contributed by atoms with E-state index >= 15 is 0 Å². The Labute approximate surface area is 102 Å². The summed E-state index contributed by atoms with van der Waals surface area (Å²) in [6, 6.07) is 0. The van der Waals surface area contributed by atoms with Crippen molar-refractivity contribution in [1.82, 2.24) is 14.9 Å². The monoisotopic (exact) mass is 236 g/mol. The molecular weight excluding hydrogens is 216 g/mol. The Morgan fingerprint density at radius 3 is 2.71 bits per heavy atom. The topological polar surface area (TPSA) is 64.3 Å². The Morgan fingerprint density at radius 2 is 2.12 bits per heavy atom. The highest BCUT2D eigenvalue weighted by atomic mass is 16.5. The Kier molecular flexibility index (Phi) is 4.28. The molecule has 17 heavy (non-hydrogen) atoms. The summed E-state index contributed by atoms with van der Waals surface area (Å²) in [5.41, 5.74) is 6.49. The van der Waals surface area contributed by atoms with Gasteiger partial charge in [0.05, 0.1) is 24.2 Å². The van der Waals surface area contributed by atoms with Crippen LogP contribution in [0, 0.1) is 0 Å². The van der Waals surface area contributed by atoms with Gasteiger partial charge in [0.25, 0.3) is 0 Å². The minimum absolute atomic E-state index is 0.439. The van der Waals surface area contributed by atoms with Crippen LogP contribution in [0.2, 0.25) is 0 Å². The van der Waals surface area contributed by atoms with Gasteiger partial charge < -0.3 is 10.5 Å². The molecule has 0 unspecified atom stereocenters. The molecule has 0 amide bonds. The van der Waals surface area contributed by atoms with Gasteiger partial charge in [-0.3, -0.25) is 9.88 Å². The lowest BCUT2D eigenvalue weighted by Crippen LogP contribution is -2.36. The third kappa shape index (κ3) is 3.64. The molecule has 5 heteroatoms. The van der Waals surface area contributed by atoms with Crippen molar-refractivity contribution in [3.63, 3.8) is 0 Å². The fourth-order valence-electron chi connectivity index (χ4n) is 2.15. The Balaban J connectivity index is 1.79. The average Bonchev–Trinajstić information content (AvgIpc) is 2.35. The largest absolute Gasteiger partial charge is 0.382 e. The molecule has 1 aliphatic rings. The van der Waals surface area contributed by atoms with Gasteiger partial charge in [0.15, 0.2) is 0 Å². The molecule has 0 aliphatic carbocycles. The van der Waals surface area contributed by atoms with Crippen LogP contribution >= 0.6 is 0 Å². The summed E-state index contributed by atoms with van der Waals surface area (Å²) < 4.78 is 5.63. The van der Waals surface area contributed by atoms with Gasteiger partial charge in [0.2, 0.25) is 0 Å². The van der Waals surface area contributed by atoms with Crippen molar-refractivity contribution in [2.24, 2.45) is 0 Å². The molecule has 2 N–H and O–H groups in total. The third-order valence-electron chi connectivity index (χ3n) is 3.05. The smallest absolute Gasteiger partial charge is 0.141 e. The van der Waals surface area contributed by atoms with E-state index in [2.05, 4.69) is 21.8 Å². The van der Waals surface area contributed by atoms with Gasteiger partial charge in [-0.25, -0.2) is 4.98 Å². The number of ether oxygens (including phenoxy) is 1. The predicted octanol–water partition coefficient (Wildman–Crippen LogP) is 1.06. The summed E-state index contributed by atoms with van der Waals surface area (Å²) in [4.78, 5) is 10.7. The van der Waals surface area contributed by atoms with E-state index in [9.17, 15) is 0 Å². The van der Waals surface area contributed by atoms with Crippen molar-refractivity contribution >= 4 is 5.82 Å². The number of hydrogen-bond acceptors (Lipinski definition) is 5. The minimum atomic E-state index is 0.439. The molecule has 1 saturated heterocycles. The van der Waals surface area contributed by atoms with Crippen LogP contribution in [0.15, 0.2) is 12.4 Å². The molecule has 0 saturated carbocycles. The van der Waals surface area contributed by atoms with Crippen LogP contribution in [-0.4, -0.2) is 40.7 Å². The lowest BCUT2D eigenvalue weighted by Gasteiger charge is -2.31. The summed E-state index contributed by atoms with van der Waals surface area (Å²) in [6.45, 7) is 5.85. The maximum absolute atomic E-state index is 5.63. The molecule has 2 rings (SSSR count). The van der Waals surface area contributed by atoms with Crippen LogP contribution < -0.4 is 5.73 Å². The first kappa shape index (κ1) is 12.3. The molecule has 94 valence electrons. The molecule has 0 spiro atoms. The number of hydrogen-bond donors (Lipinski definition) is 1. The highest BCUT2D eigenvalue weighted by Crippen LogP contribution is 2.15. The van der Waals surface area contributed by atoms with Crippen LogP contribution in [0.25, 0.3) is 0 Å². The maximum atomic E-state index is 5.63. The minimum Gasteiger partial charge on any atom is -0.382 e. The summed E-state index contributed by atoms with van der Waals surface area (Å²) >= 11 is 0. The first-order valence-electron chi connectivity index (χ1n) is 6.18. The SMILES string of the molecule is CCOC1CCN(Cc2cnc(N)cn2)CC1. The van der Waals surface area contributed by atoms with E-state index in [0.717, 1.165) is 44.8 Å². The average molecular weight is 236 g/mol. The Morgan fingerprint density at radius 1 is 1.35 bits per heavy atom. The number of nitrogen functional groups attached to an aromatic ring is 1. The molecule has 2 heterocycles. The van der Waals surface area contributed by atoms with E-state index in [0.29, 0.717) is 11.9 Å². The number of piperidine rings is 1. The van der Waals surface area contributed by atoms with E-state index < -0.39 is 0 Å². The van der Waals surface area contributed by atoms with Crippen LogP contribution in [-0.2, 0) is 11.3 Å². The normalized spacial score (nSPS) is 18.4. The zero-order valence-corrected chi connectivity index (χ0v) is 10.3. The number of nitrogens with zero attached hydrogens (tertiary/aromatic N) is 3. The van der Waals surface area contributed by atoms with Crippen LogP contribution in [0.5, 0.6) is 0 Å². The molecule has 1 fully saturated rings. The number of aromatic nitrogens is 2. The summed E-state index contributed by atoms with van der Waals surface area (Å²) in [6.07, 6.45) is 6.02. The van der Waals surface area contributed by atoms with Gasteiger partial charge in [-0.1, -0.05) is 0 Å². The standard InChI is InChI=1S/C12H20N4O/c1-2-17-11-3-5-16(6-4-11)9-10-7-15-12(13)8-14-10/h7-8,11H,2-6,9H2,1H3,(H2,13,15). The summed E-state index contributed by atoms with van der Waals surface area (Å²) in [7, 11) is 0. The molecule has 1 aliphatic heterocycles. The number of rotatable bonds is 4. The molecule has 1 aromatic rings. The second-order valence-corrected chi connectivity index (χ2v) is 4.36. The van der Waals surface area contributed by atoms with Gasteiger partial charge in [-0.05, 0) is 19.8 Å². The fraction of sp³-hybridized carbons (Fsp3) is 0.667. The lowest BCUT2D eigenvalue weighted by molar-refractivity contribution is 0.0122. The summed E-state index contributed by atoms with van der Waals surface area (Å²) in [5.74, 6) is 0.476. The second kappa shape index (κ2) is 5.93. The number of likely N-dealkylation sites (tertiary alicyclic amines) is 1. The lowest BCUT2D eigenvalue weighted by atomic mass is 10.1. The second-order valence-electron chi connectivity index (χ2n) is 4.36. The quantitative estimate of drug-likeness (QED) is 0.847. The summed E-state index contributed by atoms with van der Waals surface area (Å²) in [5, 5.41) is 0. The number of anilines is 1. The molecule has 0 radical (unpaired) electrons. The van der Waals surface area contributed by atoms with Gasteiger partial charge in [-0.15, -0.1) is 0 Å². The van der Waals surface area contributed by atoms with Gasteiger partial charge in [-0.2, -0.15) is 0 Å².